The van der Waals surface area contributed by atoms with Gasteiger partial charge >= 0.3 is 0 Å². The van der Waals surface area contributed by atoms with Crippen LogP contribution >= 0.6 is 0 Å². The molecule has 0 aliphatic carbocycles. The van der Waals surface area contributed by atoms with Gasteiger partial charge in [0, 0.05) is 31.7 Å². The molecule has 0 saturated carbocycles. The molecule has 3 rings (SSSR count). The Hall–Kier alpha value is -2.82. The smallest absolute Gasteiger partial charge is 0.260 e. The van der Waals surface area contributed by atoms with Crippen molar-refractivity contribution >= 4 is 11.8 Å². The second kappa shape index (κ2) is 10.1. The Morgan fingerprint density at radius 1 is 0.897 bits per heavy atom. The van der Waals surface area contributed by atoms with Crippen molar-refractivity contribution in [1.29, 1.82) is 0 Å². The van der Waals surface area contributed by atoms with Crippen molar-refractivity contribution in [3.8, 4) is 5.75 Å². The maximum absolute atomic E-state index is 12.7. The normalized spacial score (nSPS) is 14.4. The quantitative estimate of drug-likeness (QED) is 0.751. The van der Waals surface area contributed by atoms with E-state index >= 15 is 0 Å². The van der Waals surface area contributed by atoms with E-state index < -0.39 is 0 Å². The molecule has 2 amide bonds. The van der Waals surface area contributed by atoms with Crippen LogP contribution in [0.1, 0.15) is 41.3 Å². The van der Waals surface area contributed by atoms with Gasteiger partial charge in [-0.3, -0.25) is 9.59 Å². The summed E-state index contributed by atoms with van der Waals surface area (Å²) in [6.07, 6.45) is 2.93. The molecule has 1 saturated heterocycles. The van der Waals surface area contributed by atoms with E-state index in [-0.39, 0.29) is 18.4 Å². The van der Waals surface area contributed by atoms with Gasteiger partial charge in [-0.15, -0.1) is 0 Å². The lowest BCUT2D eigenvalue weighted by molar-refractivity contribution is -0.133. The minimum absolute atomic E-state index is 0.0268. The lowest BCUT2D eigenvalue weighted by Crippen LogP contribution is -2.39. The lowest BCUT2D eigenvalue weighted by atomic mass is 10.1. The van der Waals surface area contributed by atoms with Crippen LogP contribution in [-0.2, 0) is 11.2 Å². The summed E-state index contributed by atoms with van der Waals surface area (Å²) in [7, 11) is 0. The molecule has 29 heavy (non-hydrogen) atoms. The number of nitrogens with zero attached hydrogens (tertiary/aromatic N) is 2. The molecule has 5 nitrogen and oxygen atoms in total. The predicted octanol–water partition coefficient (Wildman–Crippen LogP) is 3.70. The standard InChI is InChI=1S/C24H30N2O3/c1-3-5-20-8-12-22(13-9-20)29-18-23(27)25-14-4-15-26(17-16-25)24(28)21-10-6-19(2)7-11-21/h6-13H,3-5,14-18H2,1-2H3. The highest BCUT2D eigenvalue weighted by Gasteiger charge is 2.23. The highest BCUT2D eigenvalue weighted by molar-refractivity contribution is 5.94. The minimum Gasteiger partial charge on any atom is -0.484 e. The molecule has 0 radical (unpaired) electrons. The third kappa shape index (κ3) is 5.83. The van der Waals surface area contributed by atoms with Crippen LogP contribution in [0.4, 0.5) is 0 Å². The van der Waals surface area contributed by atoms with Gasteiger partial charge in [0.05, 0.1) is 0 Å². The molecule has 1 aliphatic rings. The third-order valence-corrected chi connectivity index (χ3v) is 5.26. The molecule has 2 aromatic rings. The molecular formula is C24H30N2O3. The van der Waals surface area contributed by atoms with Crippen LogP contribution in [0.3, 0.4) is 0 Å². The first-order valence-electron chi connectivity index (χ1n) is 10.4. The highest BCUT2D eigenvalue weighted by Crippen LogP contribution is 2.14. The van der Waals surface area contributed by atoms with Gasteiger partial charge in [-0.2, -0.15) is 0 Å². The van der Waals surface area contributed by atoms with Crippen LogP contribution in [0.15, 0.2) is 48.5 Å². The Kier molecular flexibility index (Phi) is 7.28. The van der Waals surface area contributed by atoms with Gasteiger partial charge in [-0.25, -0.2) is 0 Å². The van der Waals surface area contributed by atoms with Crippen molar-refractivity contribution in [3.63, 3.8) is 0 Å². The number of carbonyl (C=O) groups excluding carboxylic acids is 2. The Morgan fingerprint density at radius 3 is 2.24 bits per heavy atom. The van der Waals surface area contributed by atoms with Crippen LogP contribution in [0.5, 0.6) is 5.75 Å². The molecule has 2 aromatic carbocycles. The second-order valence-electron chi connectivity index (χ2n) is 7.58. The number of benzene rings is 2. The molecule has 0 unspecified atom stereocenters. The van der Waals surface area contributed by atoms with Crippen molar-refractivity contribution in [2.24, 2.45) is 0 Å². The summed E-state index contributed by atoms with van der Waals surface area (Å²) in [4.78, 5) is 28.9. The summed E-state index contributed by atoms with van der Waals surface area (Å²) in [5.74, 6) is 0.708. The molecule has 1 heterocycles. The van der Waals surface area contributed by atoms with E-state index in [0.29, 0.717) is 37.5 Å². The molecule has 0 bridgehead atoms. The maximum atomic E-state index is 12.7. The zero-order valence-electron chi connectivity index (χ0n) is 17.4. The van der Waals surface area contributed by atoms with Crippen LogP contribution in [0.25, 0.3) is 0 Å². The SMILES string of the molecule is CCCc1ccc(OCC(=O)N2CCCN(C(=O)c3ccc(C)cc3)CC2)cc1. The van der Waals surface area contributed by atoms with Crippen molar-refractivity contribution in [2.45, 2.75) is 33.1 Å². The number of hydrogen-bond acceptors (Lipinski definition) is 3. The summed E-state index contributed by atoms with van der Waals surface area (Å²) < 4.78 is 5.68. The fourth-order valence-corrected chi connectivity index (χ4v) is 3.53. The Morgan fingerprint density at radius 2 is 1.55 bits per heavy atom. The van der Waals surface area contributed by atoms with E-state index in [1.54, 1.807) is 4.90 Å². The van der Waals surface area contributed by atoms with E-state index in [4.69, 9.17) is 4.74 Å². The van der Waals surface area contributed by atoms with Gasteiger partial charge in [0.1, 0.15) is 5.75 Å². The van der Waals surface area contributed by atoms with E-state index in [9.17, 15) is 9.59 Å². The van der Waals surface area contributed by atoms with E-state index in [1.165, 1.54) is 5.56 Å². The molecular weight excluding hydrogens is 364 g/mol. The number of ether oxygens (including phenoxy) is 1. The molecule has 1 aliphatic heterocycles. The van der Waals surface area contributed by atoms with Gasteiger partial charge < -0.3 is 14.5 Å². The third-order valence-electron chi connectivity index (χ3n) is 5.26. The topological polar surface area (TPSA) is 49.9 Å². The average Bonchev–Trinajstić information content (AvgIpc) is 3.00. The van der Waals surface area contributed by atoms with Crippen molar-refractivity contribution in [1.82, 2.24) is 9.80 Å². The molecule has 0 aromatic heterocycles. The number of aryl methyl sites for hydroxylation is 2. The summed E-state index contributed by atoms with van der Waals surface area (Å²) in [5, 5.41) is 0. The zero-order chi connectivity index (χ0) is 20.6. The second-order valence-corrected chi connectivity index (χ2v) is 7.58. The summed E-state index contributed by atoms with van der Waals surface area (Å²) in [6, 6.07) is 15.6. The number of carbonyl (C=O) groups is 2. The maximum Gasteiger partial charge on any atom is 0.260 e. The first kappa shape index (κ1) is 20.9. The number of rotatable bonds is 6. The average molecular weight is 395 g/mol. The number of hydrogen-bond donors (Lipinski definition) is 0. The van der Waals surface area contributed by atoms with Gasteiger partial charge in [-0.05, 0) is 49.6 Å². The fraction of sp³-hybridized carbons (Fsp3) is 0.417. The summed E-state index contributed by atoms with van der Waals surface area (Å²) in [6.45, 7) is 6.58. The van der Waals surface area contributed by atoms with E-state index in [1.807, 2.05) is 60.4 Å². The van der Waals surface area contributed by atoms with E-state index in [0.717, 1.165) is 24.8 Å². The zero-order valence-corrected chi connectivity index (χ0v) is 17.4. The Balaban J connectivity index is 1.50. The van der Waals surface area contributed by atoms with Gasteiger partial charge in [-0.1, -0.05) is 43.2 Å². The van der Waals surface area contributed by atoms with Gasteiger partial charge in [0.2, 0.25) is 0 Å². The highest BCUT2D eigenvalue weighted by atomic mass is 16.5. The van der Waals surface area contributed by atoms with Crippen molar-refractivity contribution < 1.29 is 14.3 Å². The first-order chi connectivity index (χ1) is 14.1. The largest absolute Gasteiger partial charge is 0.484 e. The molecule has 0 N–H and O–H groups in total. The first-order valence-corrected chi connectivity index (χ1v) is 10.4. The molecule has 5 heteroatoms. The predicted molar refractivity (Wildman–Crippen MR) is 114 cm³/mol. The van der Waals surface area contributed by atoms with Gasteiger partial charge in [0.25, 0.3) is 11.8 Å². The van der Waals surface area contributed by atoms with Crippen molar-refractivity contribution in [3.05, 3.63) is 65.2 Å². The van der Waals surface area contributed by atoms with Crippen molar-refractivity contribution in [2.75, 3.05) is 32.8 Å². The molecule has 1 fully saturated rings. The Labute approximate surface area is 173 Å². The van der Waals surface area contributed by atoms with Crippen LogP contribution in [0.2, 0.25) is 0 Å². The molecule has 154 valence electrons. The molecule has 0 atom stereocenters. The van der Waals surface area contributed by atoms with Gasteiger partial charge in [0.15, 0.2) is 6.61 Å². The summed E-state index contributed by atoms with van der Waals surface area (Å²) in [5.41, 5.74) is 3.11. The fourth-order valence-electron chi connectivity index (χ4n) is 3.53. The number of amides is 2. The minimum atomic E-state index is -0.0349. The monoisotopic (exact) mass is 394 g/mol. The molecule has 0 spiro atoms. The lowest BCUT2D eigenvalue weighted by Gasteiger charge is -2.22. The van der Waals surface area contributed by atoms with Crippen LogP contribution in [-0.4, -0.2) is 54.4 Å². The summed E-state index contributed by atoms with van der Waals surface area (Å²) >= 11 is 0. The van der Waals surface area contributed by atoms with Crippen LogP contribution < -0.4 is 4.74 Å². The van der Waals surface area contributed by atoms with Crippen LogP contribution in [0, 0.1) is 6.92 Å². The Bertz CT molecular complexity index is 815. The van der Waals surface area contributed by atoms with E-state index in [2.05, 4.69) is 6.92 Å².